The molecule has 0 bridgehead atoms. The Labute approximate surface area is 315 Å². The summed E-state index contributed by atoms with van der Waals surface area (Å²) >= 11 is 1.88. The Morgan fingerprint density at radius 3 is 1.11 bits per heavy atom. The highest BCUT2D eigenvalue weighted by molar-refractivity contribution is 7.13. The van der Waals surface area contributed by atoms with Gasteiger partial charge in [-0.1, -0.05) is 12.2 Å². The van der Waals surface area contributed by atoms with Gasteiger partial charge in [-0.05, 0) is 96.8 Å². The van der Waals surface area contributed by atoms with Crippen LogP contribution in [0.25, 0.3) is 35.5 Å². The van der Waals surface area contributed by atoms with Crippen LogP contribution in [-0.4, -0.2) is 45.4 Å². The number of alkyl halides is 12. The van der Waals surface area contributed by atoms with Crippen LogP contribution in [0.1, 0.15) is 41.8 Å². The van der Waals surface area contributed by atoms with E-state index >= 15 is 17.6 Å². The Bertz CT molecular complexity index is 2150. The van der Waals surface area contributed by atoms with Crippen LogP contribution in [0.4, 0.5) is 64.1 Å². The number of benzene rings is 2. The Morgan fingerprint density at radius 1 is 0.518 bits per heavy atom. The minimum Gasteiger partial charge on any atom is -0.258 e. The smallest absolute Gasteiger partial charge is 0.258 e. The molecule has 6 rings (SSSR count). The molecule has 296 valence electrons. The Morgan fingerprint density at radius 2 is 0.839 bits per heavy atom. The van der Waals surface area contributed by atoms with E-state index in [0.717, 1.165) is 34.8 Å². The van der Waals surface area contributed by atoms with Crippen LogP contribution in [0.3, 0.4) is 0 Å². The van der Waals surface area contributed by atoms with Crippen molar-refractivity contribution in [2.45, 2.75) is 49.4 Å². The highest BCUT2D eigenvalue weighted by atomic mass is 32.1. The highest BCUT2D eigenvalue weighted by Crippen LogP contribution is 2.66. The van der Waals surface area contributed by atoms with Gasteiger partial charge in [-0.3, -0.25) is 20.2 Å². The third-order valence-electron chi connectivity index (χ3n) is 8.51. The van der Waals surface area contributed by atoms with Crippen LogP contribution < -0.4 is 0 Å². The van der Waals surface area contributed by atoms with Gasteiger partial charge in [0.15, 0.2) is 0 Å². The summed E-state index contributed by atoms with van der Waals surface area (Å²) in [5.74, 6) is -30.9. The van der Waals surface area contributed by atoms with Gasteiger partial charge in [0.2, 0.25) is 0 Å². The predicted molar refractivity (Wildman–Crippen MR) is 188 cm³/mol. The molecule has 0 amide bonds. The largest absolute Gasteiger partial charge is 0.380 e. The van der Waals surface area contributed by atoms with Gasteiger partial charge >= 0.3 is 35.5 Å². The van der Waals surface area contributed by atoms with E-state index in [1.54, 1.807) is 0 Å². The molecule has 2 aliphatic carbocycles. The molecule has 0 saturated carbocycles. The molecule has 0 fully saturated rings. The standard InChI is InChI=1S/C31H20F6N2O4S2.C5H2F6/c1-17-25(15-23(44-17)13-7-19-3-9-21(10-4-19)38(40)41)27-28(30(34,35)31(36,37)29(27,32)33)26-16-24(45-18(26)2)14-8-20-5-11-22(12-6-20)39(42)43;6-3(7)1-2-4(8,9)5(3,10)11/h3-16H,1-2H3;1-2H. The van der Waals surface area contributed by atoms with Crippen LogP contribution in [0.2, 0.25) is 0 Å². The minimum absolute atomic E-state index is 0.116. The molecule has 0 radical (unpaired) electrons. The number of allylic oxidation sites excluding steroid dienone is 4. The quantitative estimate of drug-likeness (QED) is 0.0765. The fourth-order valence-electron chi connectivity index (χ4n) is 5.52. The topological polar surface area (TPSA) is 86.3 Å². The van der Waals surface area contributed by atoms with E-state index in [-0.39, 0.29) is 21.1 Å². The number of hydrogen-bond acceptors (Lipinski definition) is 6. The lowest BCUT2D eigenvalue weighted by molar-refractivity contribution is -0.385. The van der Waals surface area contributed by atoms with Crippen LogP contribution in [0, 0.1) is 34.1 Å². The lowest BCUT2D eigenvalue weighted by Crippen LogP contribution is -2.48. The van der Waals surface area contributed by atoms with E-state index < -0.39 is 79.8 Å². The summed E-state index contributed by atoms with van der Waals surface area (Å²) < 4.78 is 163. The molecule has 0 N–H and O–H groups in total. The predicted octanol–water partition coefficient (Wildman–Crippen LogP) is 12.9. The third kappa shape index (κ3) is 7.26. The van der Waals surface area contributed by atoms with E-state index in [0.29, 0.717) is 20.9 Å². The molecule has 0 spiro atoms. The number of hydrogen-bond donors (Lipinski definition) is 0. The number of thiophene rings is 2. The first kappa shape index (κ1) is 41.9. The molecule has 2 aliphatic rings. The first-order valence-electron chi connectivity index (χ1n) is 15.5. The summed E-state index contributed by atoms with van der Waals surface area (Å²) in [6.45, 7) is 2.74. The lowest BCUT2D eigenvalue weighted by Gasteiger charge is -2.25. The van der Waals surface area contributed by atoms with Gasteiger partial charge in [-0.2, -0.15) is 52.7 Å². The van der Waals surface area contributed by atoms with E-state index in [4.69, 9.17) is 0 Å². The van der Waals surface area contributed by atoms with Crippen molar-refractivity contribution in [1.82, 2.24) is 0 Å². The zero-order valence-corrected chi connectivity index (χ0v) is 29.8. The first-order chi connectivity index (χ1) is 25.7. The molecule has 56 heavy (non-hydrogen) atoms. The van der Waals surface area contributed by atoms with Crippen molar-refractivity contribution < 1.29 is 62.5 Å². The molecule has 0 atom stereocenters. The number of non-ortho nitro benzene ring substituents is 2. The van der Waals surface area contributed by atoms with Crippen molar-refractivity contribution in [3.8, 4) is 0 Å². The molecule has 0 aliphatic heterocycles. The van der Waals surface area contributed by atoms with E-state index in [2.05, 4.69) is 0 Å². The van der Waals surface area contributed by atoms with Gasteiger partial charge < -0.3 is 0 Å². The van der Waals surface area contributed by atoms with Crippen molar-refractivity contribution in [3.63, 3.8) is 0 Å². The molecule has 0 unspecified atom stereocenters. The minimum atomic E-state index is -5.71. The summed E-state index contributed by atoms with van der Waals surface area (Å²) in [4.78, 5) is 21.5. The monoisotopic (exact) mass is 838 g/mol. The van der Waals surface area contributed by atoms with E-state index in [1.807, 2.05) is 0 Å². The summed E-state index contributed by atoms with van der Waals surface area (Å²) in [6, 6.07) is 13.2. The van der Waals surface area contributed by atoms with Crippen LogP contribution in [-0.2, 0) is 0 Å². The first-order valence-corrected chi connectivity index (χ1v) is 17.2. The summed E-state index contributed by atoms with van der Waals surface area (Å²) in [5.41, 5.74) is -3.00. The molecule has 20 heteroatoms. The van der Waals surface area contributed by atoms with Gasteiger partial charge in [-0.25, -0.2) is 0 Å². The lowest BCUT2D eigenvalue weighted by atomic mass is 9.95. The highest BCUT2D eigenvalue weighted by Gasteiger charge is 2.80. The van der Waals surface area contributed by atoms with Crippen molar-refractivity contribution in [2.24, 2.45) is 0 Å². The second-order valence-electron chi connectivity index (χ2n) is 12.2. The fraction of sp³-hybridized carbons (Fsp3) is 0.222. The molecule has 2 aromatic carbocycles. The fourth-order valence-corrected chi connectivity index (χ4v) is 7.39. The van der Waals surface area contributed by atoms with Gasteiger partial charge in [0.25, 0.3) is 11.4 Å². The third-order valence-corrected chi connectivity index (χ3v) is 10.5. The molecular weight excluding hydrogens is 817 g/mol. The van der Waals surface area contributed by atoms with Crippen molar-refractivity contribution in [3.05, 3.63) is 135 Å². The molecular formula is C36H22F12N2O4S2. The maximum absolute atomic E-state index is 15.4. The Hall–Kier alpha value is -5.24. The molecule has 6 nitrogen and oxygen atoms in total. The number of aryl methyl sites for hydroxylation is 2. The summed E-state index contributed by atoms with van der Waals surface area (Å²) in [5, 5.41) is 21.7. The summed E-state index contributed by atoms with van der Waals surface area (Å²) in [6.07, 6.45) is 5.04. The van der Waals surface area contributed by atoms with Gasteiger partial charge in [0.05, 0.1) is 9.85 Å². The maximum atomic E-state index is 15.4. The van der Waals surface area contributed by atoms with Gasteiger partial charge in [-0.15, -0.1) is 22.7 Å². The van der Waals surface area contributed by atoms with E-state index in [1.165, 1.54) is 86.7 Å². The zero-order chi connectivity index (χ0) is 41.8. The molecule has 4 aromatic rings. The number of nitro groups is 2. The maximum Gasteiger partial charge on any atom is 0.380 e. The van der Waals surface area contributed by atoms with Crippen LogP contribution in [0.15, 0.2) is 72.8 Å². The van der Waals surface area contributed by atoms with E-state index in [9.17, 15) is 55.4 Å². The average Bonchev–Trinajstić information content (AvgIpc) is 3.74. The Balaban J connectivity index is 0.000000470. The summed E-state index contributed by atoms with van der Waals surface area (Å²) in [7, 11) is 0. The molecule has 2 heterocycles. The second kappa shape index (κ2) is 14.4. The normalized spacial score (nSPS) is 19.8. The average molecular weight is 839 g/mol. The van der Waals surface area contributed by atoms with Crippen LogP contribution >= 0.6 is 22.7 Å². The zero-order valence-electron chi connectivity index (χ0n) is 28.1. The number of nitro benzene ring substituents is 2. The van der Waals surface area contributed by atoms with Gasteiger partial charge in [0.1, 0.15) is 0 Å². The van der Waals surface area contributed by atoms with Crippen LogP contribution in [0.5, 0.6) is 0 Å². The van der Waals surface area contributed by atoms with Gasteiger partial charge in [0, 0.05) is 54.9 Å². The number of rotatable bonds is 8. The molecule has 2 aromatic heterocycles. The number of halogens is 12. The molecule has 0 saturated heterocycles. The number of nitrogens with zero attached hydrogens (tertiary/aromatic N) is 2. The SMILES string of the molecule is Cc1sc(C=Cc2ccc([N+](=O)[O-])cc2)cc1C1=C(c2cc(C=Cc3ccc([N+](=O)[O-])cc3)sc2C)C(F)(F)C(F)(F)C1(F)F.FC1(F)C=CC(F)(F)C1(F)F. The second-order valence-corrected chi connectivity index (χ2v) is 14.8. The Kier molecular flexibility index (Phi) is 10.7. The van der Waals surface area contributed by atoms with Crippen molar-refractivity contribution in [2.75, 3.05) is 0 Å². The van der Waals surface area contributed by atoms with Crippen molar-refractivity contribution in [1.29, 1.82) is 0 Å². The van der Waals surface area contributed by atoms with Crippen molar-refractivity contribution >= 4 is 69.5 Å².